The maximum Gasteiger partial charge on any atom is 0.242 e. The van der Waals surface area contributed by atoms with E-state index in [1.54, 1.807) is 41.1 Å². The van der Waals surface area contributed by atoms with Crippen molar-refractivity contribution in [2.45, 2.75) is 62.4 Å². The Labute approximate surface area is 188 Å². The van der Waals surface area contributed by atoms with E-state index in [-0.39, 0.29) is 35.2 Å². The van der Waals surface area contributed by atoms with Gasteiger partial charge in [-0.15, -0.1) is 0 Å². The number of fused-ring (bicyclic) bond motifs is 1. The smallest absolute Gasteiger partial charge is 0.242 e. The lowest BCUT2D eigenvalue weighted by Crippen LogP contribution is -2.48. The van der Waals surface area contributed by atoms with Crippen LogP contribution in [-0.4, -0.2) is 35.9 Å². The summed E-state index contributed by atoms with van der Waals surface area (Å²) in [7, 11) is -3.60. The van der Waals surface area contributed by atoms with E-state index in [0.29, 0.717) is 16.0 Å². The number of rotatable bonds is 5. The topological polar surface area (TPSA) is 59.4 Å². The van der Waals surface area contributed by atoms with Gasteiger partial charge < -0.3 is 9.47 Å². The molecule has 1 amide bonds. The zero-order chi connectivity index (χ0) is 22.2. The normalized spacial score (nSPS) is 19.6. The molecule has 3 aromatic rings. The van der Waals surface area contributed by atoms with Gasteiger partial charge in [-0.05, 0) is 56.9 Å². The van der Waals surface area contributed by atoms with Crippen molar-refractivity contribution < 1.29 is 13.2 Å². The number of aromatic nitrogens is 1. The molecule has 0 N–H and O–H groups in total. The molecule has 1 aliphatic rings. The van der Waals surface area contributed by atoms with Crippen molar-refractivity contribution in [2.75, 3.05) is 0 Å². The van der Waals surface area contributed by atoms with E-state index >= 15 is 0 Å². The predicted octanol–water partition coefficient (Wildman–Crippen LogP) is 5.06. The monoisotopic (exact) mass is 458 g/mol. The highest BCUT2D eigenvalue weighted by Gasteiger charge is 2.30. The van der Waals surface area contributed by atoms with Gasteiger partial charge in [-0.3, -0.25) is 4.79 Å². The van der Waals surface area contributed by atoms with Crippen molar-refractivity contribution in [3.63, 3.8) is 0 Å². The zero-order valence-electron chi connectivity index (χ0n) is 17.8. The summed E-state index contributed by atoms with van der Waals surface area (Å²) in [6.45, 7) is 4.30. The van der Waals surface area contributed by atoms with Gasteiger partial charge in [0.05, 0.1) is 10.6 Å². The van der Waals surface area contributed by atoms with Crippen LogP contribution in [0.1, 0.15) is 38.7 Å². The van der Waals surface area contributed by atoms with Crippen molar-refractivity contribution >= 4 is 38.2 Å². The standard InChI is InChI=1S/C24H27ClN2O3S/c1-17-6-5-7-18(2)27(17)24(28)15-26-14-23(21-8-3-4-9-22(21)26)31(29,30)16-19-10-12-20(25)13-11-19/h3-4,8-14,17-18H,5-7,15-16H2,1-2H3. The molecule has 2 unspecified atom stereocenters. The van der Waals surface area contributed by atoms with Crippen LogP contribution in [-0.2, 0) is 26.9 Å². The van der Waals surface area contributed by atoms with Crippen LogP contribution >= 0.6 is 11.6 Å². The zero-order valence-corrected chi connectivity index (χ0v) is 19.4. The van der Waals surface area contributed by atoms with Crippen LogP contribution in [0.4, 0.5) is 0 Å². The summed E-state index contributed by atoms with van der Waals surface area (Å²) in [6.07, 6.45) is 4.76. The molecule has 4 rings (SSSR count). The van der Waals surface area contributed by atoms with Gasteiger partial charge in [0.1, 0.15) is 6.54 Å². The number of hydrogen-bond donors (Lipinski definition) is 0. The molecule has 1 fully saturated rings. The van der Waals surface area contributed by atoms with Crippen LogP contribution < -0.4 is 0 Å². The van der Waals surface area contributed by atoms with Crippen molar-refractivity contribution in [1.29, 1.82) is 0 Å². The van der Waals surface area contributed by atoms with Crippen LogP contribution in [0.3, 0.4) is 0 Å². The summed E-state index contributed by atoms with van der Waals surface area (Å²) in [5.74, 6) is -0.0890. The van der Waals surface area contributed by atoms with Gasteiger partial charge in [-0.25, -0.2) is 8.42 Å². The molecule has 2 aromatic carbocycles. The largest absolute Gasteiger partial charge is 0.337 e. The van der Waals surface area contributed by atoms with Gasteiger partial charge in [-0.1, -0.05) is 41.9 Å². The van der Waals surface area contributed by atoms with E-state index in [9.17, 15) is 13.2 Å². The Bertz CT molecular complexity index is 1190. The Morgan fingerprint density at radius 2 is 1.68 bits per heavy atom. The molecule has 31 heavy (non-hydrogen) atoms. The highest BCUT2D eigenvalue weighted by atomic mass is 35.5. The first kappa shape index (κ1) is 21.9. The van der Waals surface area contributed by atoms with Crippen LogP contribution in [0.15, 0.2) is 59.6 Å². The third-order valence-electron chi connectivity index (χ3n) is 6.14. The molecule has 2 atom stereocenters. The van der Waals surface area contributed by atoms with E-state index in [0.717, 1.165) is 24.8 Å². The van der Waals surface area contributed by atoms with E-state index in [2.05, 4.69) is 13.8 Å². The number of likely N-dealkylation sites (tertiary alicyclic amines) is 1. The second-order valence-electron chi connectivity index (χ2n) is 8.45. The molecule has 1 saturated heterocycles. The first-order valence-corrected chi connectivity index (χ1v) is 12.7. The lowest BCUT2D eigenvalue weighted by molar-refractivity contribution is -0.137. The van der Waals surface area contributed by atoms with Crippen LogP contribution in [0.5, 0.6) is 0 Å². The number of para-hydroxylation sites is 1. The number of carbonyl (C=O) groups excluding carboxylic acids is 1. The molecule has 1 aliphatic heterocycles. The average Bonchev–Trinajstić information content (AvgIpc) is 3.09. The number of hydrogen-bond acceptors (Lipinski definition) is 3. The second kappa shape index (κ2) is 8.67. The summed E-state index contributed by atoms with van der Waals surface area (Å²) in [6, 6.07) is 14.6. The fraction of sp³-hybridized carbons (Fsp3) is 0.375. The van der Waals surface area contributed by atoms with E-state index < -0.39 is 9.84 Å². The first-order valence-electron chi connectivity index (χ1n) is 10.6. The van der Waals surface area contributed by atoms with Gasteiger partial charge in [-0.2, -0.15) is 0 Å². The molecular formula is C24H27ClN2O3S. The second-order valence-corrected chi connectivity index (χ2v) is 10.8. The highest BCUT2D eigenvalue weighted by Crippen LogP contribution is 2.29. The molecular weight excluding hydrogens is 432 g/mol. The Kier molecular flexibility index (Phi) is 6.13. The molecule has 0 bridgehead atoms. The lowest BCUT2D eigenvalue weighted by atomic mass is 9.97. The first-order chi connectivity index (χ1) is 14.8. The third kappa shape index (κ3) is 4.51. The number of benzene rings is 2. The SMILES string of the molecule is CC1CCCC(C)N1C(=O)Cn1cc(S(=O)(=O)Cc2ccc(Cl)cc2)c2ccccc21. The minimum atomic E-state index is -3.60. The molecule has 164 valence electrons. The number of halogens is 1. The lowest BCUT2D eigenvalue weighted by Gasteiger charge is -2.39. The van der Waals surface area contributed by atoms with E-state index in [4.69, 9.17) is 11.6 Å². The van der Waals surface area contributed by atoms with Gasteiger partial charge in [0, 0.05) is 34.2 Å². The maximum absolute atomic E-state index is 13.3. The number of nitrogens with zero attached hydrogens (tertiary/aromatic N) is 2. The number of amides is 1. The molecule has 0 radical (unpaired) electrons. The molecule has 5 nitrogen and oxygen atoms in total. The Morgan fingerprint density at radius 1 is 1.03 bits per heavy atom. The molecule has 7 heteroatoms. The van der Waals surface area contributed by atoms with Crippen molar-refractivity contribution in [3.05, 3.63) is 65.3 Å². The van der Waals surface area contributed by atoms with Crippen LogP contribution in [0, 0.1) is 0 Å². The Morgan fingerprint density at radius 3 is 2.35 bits per heavy atom. The van der Waals surface area contributed by atoms with Gasteiger partial charge in [0.25, 0.3) is 0 Å². The average molecular weight is 459 g/mol. The molecule has 0 spiro atoms. The quantitative estimate of drug-likeness (QED) is 0.537. The van der Waals surface area contributed by atoms with Gasteiger partial charge >= 0.3 is 0 Å². The predicted molar refractivity (Wildman–Crippen MR) is 124 cm³/mol. The minimum Gasteiger partial charge on any atom is -0.337 e. The summed E-state index contributed by atoms with van der Waals surface area (Å²) in [5, 5.41) is 1.21. The van der Waals surface area contributed by atoms with Crippen molar-refractivity contribution in [3.8, 4) is 0 Å². The van der Waals surface area contributed by atoms with E-state index in [1.807, 2.05) is 23.1 Å². The minimum absolute atomic E-state index is 0.0297. The molecule has 1 aromatic heterocycles. The van der Waals surface area contributed by atoms with Crippen LogP contribution in [0.2, 0.25) is 5.02 Å². The van der Waals surface area contributed by atoms with Crippen molar-refractivity contribution in [1.82, 2.24) is 9.47 Å². The van der Waals surface area contributed by atoms with E-state index in [1.165, 1.54) is 0 Å². The maximum atomic E-state index is 13.3. The van der Waals surface area contributed by atoms with Crippen LogP contribution in [0.25, 0.3) is 10.9 Å². The van der Waals surface area contributed by atoms with Gasteiger partial charge in [0.2, 0.25) is 5.91 Å². The number of piperidine rings is 1. The fourth-order valence-electron chi connectivity index (χ4n) is 4.61. The Hall–Kier alpha value is -2.31. The molecule has 0 aliphatic carbocycles. The number of sulfone groups is 1. The summed E-state index contributed by atoms with van der Waals surface area (Å²) in [5.41, 5.74) is 1.43. The summed E-state index contributed by atoms with van der Waals surface area (Å²) in [4.78, 5) is 15.4. The third-order valence-corrected chi connectivity index (χ3v) is 8.10. The fourth-order valence-corrected chi connectivity index (χ4v) is 6.32. The summed E-state index contributed by atoms with van der Waals surface area (Å²) >= 11 is 5.93. The van der Waals surface area contributed by atoms with Gasteiger partial charge in [0.15, 0.2) is 9.84 Å². The molecule has 2 heterocycles. The highest BCUT2D eigenvalue weighted by molar-refractivity contribution is 7.90. The van der Waals surface area contributed by atoms with Crippen molar-refractivity contribution in [2.24, 2.45) is 0 Å². The molecule has 0 saturated carbocycles. The number of carbonyl (C=O) groups is 1. The Balaban J connectivity index is 1.67. The summed E-state index contributed by atoms with van der Waals surface area (Å²) < 4.78 is 28.3.